The number of alkyl carbamates (subject to hydrolysis) is 1. The normalized spacial score (nSPS) is 15.8. The minimum atomic E-state index is -0.402. The molecule has 1 heterocycles. The summed E-state index contributed by atoms with van der Waals surface area (Å²) in [5, 5.41) is 12.5. The van der Waals surface area contributed by atoms with Crippen molar-refractivity contribution in [3.8, 4) is 11.1 Å². The van der Waals surface area contributed by atoms with E-state index in [-0.39, 0.29) is 12.0 Å². The number of carbonyl (C=O) groups is 1. The van der Waals surface area contributed by atoms with Gasteiger partial charge in [-0.25, -0.2) is 4.79 Å². The Kier molecular flexibility index (Phi) is 5.82. The van der Waals surface area contributed by atoms with Gasteiger partial charge < -0.3 is 20.1 Å². The molecule has 2 aliphatic rings. The fourth-order valence-corrected chi connectivity index (χ4v) is 4.77. The first-order valence-corrected chi connectivity index (χ1v) is 11.3. The molecule has 5 nitrogen and oxygen atoms in total. The molecule has 1 aliphatic carbocycles. The molecular weight excluding hydrogens is 400 g/mol. The smallest absolute Gasteiger partial charge is 0.407 e. The SMILES string of the molecule is O=C(NCc1ccc(N2CCC(O)CC2)cc1)OCC1c2ccccc2-c2ccccc21. The molecule has 1 saturated heterocycles. The average Bonchev–Trinajstić information content (AvgIpc) is 3.16. The molecule has 0 unspecified atom stereocenters. The van der Waals surface area contributed by atoms with Gasteiger partial charge in [0.1, 0.15) is 6.61 Å². The summed E-state index contributed by atoms with van der Waals surface area (Å²) in [6, 6.07) is 24.9. The van der Waals surface area contributed by atoms with Gasteiger partial charge in [0, 0.05) is 31.2 Å². The molecule has 3 aromatic rings. The van der Waals surface area contributed by atoms with Gasteiger partial charge in [-0.1, -0.05) is 60.7 Å². The van der Waals surface area contributed by atoms with E-state index in [0.29, 0.717) is 13.2 Å². The van der Waals surface area contributed by atoms with Crippen molar-refractivity contribution in [2.45, 2.75) is 31.4 Å². The van der Waals surface area contributed by atoms with Crippen LogP contribution in [-0.2, 0) is 11.3 Å². The Morgan fingerprint density at radius 1 is 0.906 bits per heavy atom. The molecule has 0 aromatic heterocycles. The zero-order valence-electron chi connectivity index (χ0n) is 18.0. The van der Waals surface area contributed by atoms with Crippen LogP contribution in [0.1, 0.15) is 35.4 Å². The van der Waals surface area contributed by atoms with Gasteiger partial charge in [0.2, 0.25) is 0 Å². The van der Waals surface area contributed by atoms with Crippen molar-refractivity contribution in [1.29, 1.82) is 0 Å². The topological polar surface area (TPSA) is 61.8 Å². The van der Waals surface area contributed by atoms with Crippen molar-refractivity contribution in [1.82, 2.24) is 5.32 Å². The van der Waals surface area contributed by atoms with Crippen LogP contribution in [0.3, 0.4) is 0 Å². The predicted octanol–water partition coefficient (Wildman–Crippen LogP) is 4.69. The number of amides is 1. The summed E-state index contributed by atoms with van der Waals surface area (Å²) in [4.78, 5) is 14.7. The van der Waals surface area contributed by atoms with Gasteiger partial charge in [-0.15, -0.1) is 0 Å². The molecule has 5 rings (SSSR count). The number of piperidine rings is 1. The number of hydrogen-bond acceptors (Lipinski definition) is 4. The highest BCUT2D eigenvalue weighted by Crippen LogP contribution is 2.44. The lowest BCUT2D eigenvalue weighted by Crippen LogP contribution is -2.35. The Bertz CT molecular complexity index is 1040. The molecule has 164 valence electrons. The van der Waals surface area contributed by atoms with Gasteiger partial charge >= 0.3 is 6.09 Å². The summed E-state index contributed by atoms with van der Waals surface area (Å²) < 4.78 is 5.61. The fraction of sp³-hybridized carbons (Fsp3) is 0.296. The summed E-state index contributed by atoms with van der Waals surface area (Å²) in [6.45, 7) is 2.49. The summed E-state index contributed by atoms with van der Waals surface area (Å²) in [7, 11) is 0. The first-order chi connectivity index (χ1) is 15.7. The third-order valence-corrected chi connectivity index (χ3v) is 6.55. The fourth-order valence-electron chi connectivity index (χ4n) is 4.77. The van der Waals surface area contributed by atoms with E-state index >= 15 is 0 Å². The lowest BCUT2D eigenvalue weighted by Gasteiger charge is -2.31. The van der Waals surface area contributed by atoms with Gasteiger partial charge in [-0.3, -0.25) is 0 Å². The first kappa shape index (κ1) is 20.6. The molecule has 0 radical (unpaired) electrons. The number of anilines is 1. The van der Waals surface area contributed by atoms with Crippen LogP contribution in [0.5, 0.6) is 0 Å². The van der Waals surface area contributed by atoms with Crippen LogP contribution in [0.15, 0.2) is 72.8 Å². The van der Waals surface area contributed by atoms with Crippen LogP contribution in [0.25, 0.3) is 11.1 Å². The maximum atomic E-state index is 12.4. The number of fused-ring (bicyclic) bond motifs is 3. The minimum Gasteiger partial charge on any atom is -0.449 e. The minimum absolute atomic E-state index is 0.0653. The van der Waals surface area contributed by atoms with Gasteiger partial charge in [-0.2, -0.15) is 0 Å². The summed E-state index contributed by atoms with van der Waals surface area (Å²) in [5.74, 6) is 0.0653. The molecule has 0 spiro atoms. The van der Waals surface area contributed by atoms with E-state index in [1.165, 1.54) is 22.3 Å². The van der Waals surface area contributed by atoms with Crippen LogP contribution in [-0.4, -0.2) is 37.0 Å². The molecule has 1 aliphatic heterocycles. The lowest BCUT2D eigenvalue weighted by molar-refractivity contribution is 0.142. The molecule has 1 amide bonds. The second kappa shape index (κ2) is 9.05. The number of aliphatic hydroxyl groups is 1. The number of nitrogens with one attached hydrogen (secondary N) is 1. The Morgan fingerprint density at radius 2 is 1.50 bits per heavy atom. The maximum Gasteiger partial charge on any atom is 0.407 e. The van der Waals surface area contributed by atoms with Crippen LogP contribution in [0, 0.1) is 0 Å². The van der Waals surface area contributed by atoms with Gasteiger partial charge in [0.25, 0.3) is 0 Å². The van der Waals surface area contributed by atoms with Crippen molar-refractivity contribution in [3.63, 3.8) is 0 Å². The number of nitrogens with zero attached hydrogens (tertiary/aromatic N) is 1. The number of rotatable bonds is 5. The lowest BCUT2D eigenvalue weighted by atomic mass is 9.98. The molecule has 5 heteroatoms. The van der Waals surface area contributed by atoms with Crippen LogP contribution in [0.4, 0.5) is 10.5 Å². The zero-order valence-corrected chi connectivity index (χ0v) is 18.0. The van der Waals surface area contributed by atoms with Crippen molar-refractivity contribution in [2.24, 2.45) is 0 Å². The highest BCUT2D eigenvalue weighted by atomic mass is 16.5. The van der Waals surface area contributed by atoms with E-state index in [1.807, 2.05) is 36.4 Å². The highest BCUT2D eigenvalue weighted by Gasteiger charge is 2.29. The maximum absolute atomic E-state index is 12.4. The molecule has 0 bridgehead atoms. The first-order valence-electron chi connectivity index (χ1n) is 11.3. The zero-order chi connectivity index (χ0) is 21.9. The van der Waals surface area contributed by atoms with E-state index < -0.39 is 6.09 Å². The van der Waals surface area contributed by atoms with E-state index in [4.69, 9.17) is 4.74 Å². The Balaban J connectivity index is 1.15. The van der Waals surface area contributed by atoms with E-state index in [0.717, 1.165) is 37.2 Å². The van der Waals surface area contributed by atoms with Crippen molar-refractivity contribution in [3.05, 3.63) is 89.5 Å². The van der Waals surface area contributed by atoms with E-state index in [1.54, 1.807) is 0 Å². The van der Waals surface area contributed by atoms with Crippen molar-refractivity contribution >= 4 is 11.8 Å². The number of carbonyl (C=O) groups excluding carboxylic acids is 1. The molecule has 0 saturated carbocycles. The number of ether oxygens (including phenoxy) is 1. The largest absolute Gasteiger partial charge is 0.449 e. The molecule has 0 atom stereocenters. The van der Waals surface area contributed by atoms with Crippen molar-refractivity contribution in [2.75, 3.05) is 24.6 Å². The summed E-state index contributed by atoms with van der Waals surface area (Å²) in [5.41, 5.74) is 7.05. The van der Waals surface area contributed by atoms with Crippen LogP contribution >= 0.6 is 0 Å². The predicted molar refractivity (Wildman–Crippen MR) is 126 cm³/mol. The third-order valence-electron chi connectivity index (χ3n) is 6.55. The number of benzene rings is 3. The molecule has 32 heavy (non-hydrogen) atoms. The van der Waals surface area contributed by atoms with Crippen LogP contribution < -0.4 is 10.2 Å². The summed E-state index contributed by atoms with van der Waals surface area (Å²) >= 11 is 0. The number of hydrogen-bond donors (Lipinski definition) is 2. The van der Waals surface area contributed by atoms with Crippen molar-refractivity contribution < 1.29 is 14.6 Å². The standard InChI is InChI=1S/C27H28N2O3/c30-21-13-15-29(16-14-21)20-11-9-19(10-12-20)17-28-27(31)32-18-26-24-7-3-1-5-22(24)23-6-2-4-8-25(23)26/h1-12,21,26,30H,13-18H2,(H,28,31). The molecule has 1 fully saturated rings. The molecule has 2 N–H and O–H groups in total. The van der Waals surface area contributed by atoms with Gasteiger partial charge in [-0.05, 0) is 52.8 Å². The van der Waals surface area contributed by atoms with Gasteiger partial charge in [0.05, 0.1) is 6.10 Å². The average molecular weight is 429 g/mol. The Morgan fingerprint density at radius 3 is 2.12 bits per heavy atom. The third kappa shape index (κ3) is 4.21. The quantitative estimate of drug-likeness (QED) is 0.619. The Labute approximate surface area is 188 Å². The second-order valence-corrected chi connectivity index (χ2v) is 8.56. The Hall–Kier alpha value is -3.31. The van der Waals surface area contributed by atoms with Crippen LogP contribution in [0.2, 0.25) is 0 Å². The van der Waals surface area contributed by atoms with E-state index in [2.05, 4.69) is 46.6 Å². The van der Waals surface area contributed by atoms with Gasteiger partial charge in [0.15, 0.2) is 0 Å². The monoisotopic (exact) mass is 428 g/mol. The molecule has 3 aromatic carbocycles. The molecular formula is C27H28N2O3. The summed E-state index contributed by atoms with van der Waals surface area (Å²) in [6.07, 6.45) is 1.05. The highest BCUT2D eigenvalue weighted by molar-refractivity contribution is 5.79. The second-order valence-electron chi connectivity index (χ2n) is 8.56. The number of aliphatic hydroxyl groups excluding tert-OH is 1. The van der Waals surface area contributed by atoms with E-state index in [9.17, 15) is 9.90 Å².